The van der Waals surface area contributed by atoms with E-state index >= 15 is 0 Å². The number of aromatic hydroxyl groups is 2. The largest absolute Gasteiger partial charge is 0.507 e. The molecule has 1 heterocycles. The molecular formula is C21H20O2S. The van der Waals surface area contributed by atoms with Gasteiger partial charge >= 0.3 is 0 Å². The molecule has 0 amide bonds. The predicted molar refractivity (Wildman–Crippen MR) is 103 cm³/mol. The second kappa shape index (κ2) is 6.93. The lowest BCUT2D eigenvalue weighted by molar-refractivity contribution is 0.433. The van der Waals surface area contributed by atoms with Crippen molar-refractivity contribution in [2.75, 3.05) is 0 Å². The summed E-state index contributed by atoms with van der Waals surface area (Å²) in [6.45, 7) is 3.89. The summed E-state index contributed by atoms with van der Waals surface area (Å²) in [4.78, 5) is 2.34. The molecule has 0 aliphatic carbocycles. The van der Waals surface area contributed by atoms with Crippen molar-refractivity contribution in [3.05, 3.63) is 70.6 Å². The van der Waals surface area contributed by atoms with Gasteiger partial charge in [-0.3, -0.25) is 0 Å². The van der Waals surface area contributed by atoms with Gasteiger partial charge in [-0.1, -0.05) is 50.3 Å². The number of benzene rings is 2. The van der Waals surface area contributed by atoms with Crippen LogP contribution in [0.2, 0.25) is 0 Å². The molecule has 0 radical (unpaired) electrons. The van der Waals surface area contributed by atoms with Crippen molar-refractivity contribution in [3.63, 3.8) is 0 Å². The summed E-state index contributed by atoms with van der Waals surface area (Å²) in [6, 6.07) is 17.8. The highest BCUT2D eigenvalue weighted by molar-refractivity contribution is 7.16. The molecule has 0 aliphatic rings. The number of phenols is 2. The Bertz CT molecular complexity index is 838. The van der Waals surface area contributed by atoms with E-state index < -0.39 is 0 Å². The van der Waals surface area contributed by atoms with Gasteiger partial charge in [-0.05, 0) is 47.4 Å². The molecule has 0 unspecified atom stereocenters. The highest BCUT2D eigenvalue weighted by atomic mass is 32.1. The molecule has 0 saturated carbocycles. The third kappa shape index (κ3) is 3.52. The Labute approximate surface area is 146 Å². The molecule has 2 nitrogen and oxygen atoms in total. The number of thiophene rings is 1. The fraction of sp³-hybridized carbons (Fsp3) is 0.143. The minimum Gasteiger partial charge on any atom is -0.507 e. The topological polar surface area (TPSA) is 40.5 Å². The Morgan fingerprint density at radius 2 is 1.54 bits per heavy atom. The van der Waals surface area contributed by atoms with Gasteiger partial charge in [0, 0.05) is 15.3 Å². The third-order valence-corrected chi connectivity index (χ3v) is 4.96. The van der Waals surface area contributed by atoms with Crippen LogP contribution < -0.4 is 0 Å². The molecule has 0 bridgehead atoms. The van der Waals surface area contributed by atoms with Crippen LogP contribution in [0.3, 0.4) is 0 Å². The number of phenolic OH excluding ortho intramolecular Hbond substituents is 2. The zero-order chi connectivity index (χ0) is 17.1. The van der Waals surface area contributed by atoms with Gasteiger partial charge in [-0.25, -0.2) is 0 Å². The molecule has 3 rings (SSSR count). The van der Waals surface area contributed by atoms with E-state index in [2.05, 4.69) is 24.3 Å². The minimum absolute atomic E-state index is 0.0776. The van der Waals surface area contributed by atoms with Gasteiger partial charge in [0.1, 0.15) is 11.5 Å². The fourth-order valence-electron chi connectivity index (χ4n) is 2.71. The van der Waals surface area contributed by atoms with Crippen LogP contribution in [-0.2, 0) is 0 Å². The van der Waals surface area contributed by atoms with Crippen LogP contribution in [0.15, 0.2) is 54.6 Å². The summed E-state index contributed by atoms with van der Waals surface area (Å²) in [7, 11) is 0. The lowest BCUT2D eigenvalue weighted by Crippen LogP contribution is -1.90. The number of rotatable bonds is 4. The first-order valence-electron chi connectivity index (χ1n) is 7.94. The van der Waals surface area contributed by atoms with Gasteiger partial charge < -0.3 is 10.2 Å². The zero-order valence-corrected chi connectivity index (χ0v) is 14.5. The van der Waals surface area contributed by atoms with E-state index in [1.165, 1.54) is 10.4 Å². The molecule has 2 N–H and O–H groups in total. The molecule has 0 saturated heterocycles. The first-order chi connectivity index (χ1) is 11.5. The van der Waals surface area contributed by atoms with Crippen molar-refractivity contribution in [2.24, 2.45) is 0 Å². The van der Waals surface area contributed by atoms with Crippen molar-refractivity contribution in [1.29, 1.82) is 0 Å². The van der Waals surface area contributed by atoms with Gasteiger partial charge in [0.2, 0.25) is 0 Å². The van der Waals surface area contributed by atoms with Crippen molar-refractivity contribution in [1.82, 2.24) is 0 Å². The maximum absolute atomic E-state index is 10.1. The molecule has 2 aromatic carbocycles. The molecule has 24 heavy (non-hydrogen) atoms. The van der Waals surface area contributed by atoms with Crippen molar-refractivity contribution in [2.45, 2.75) is 19.8 Å². The van der Waals surface area contributed by atoms with E-state index in [1.807, 2.05) is 44.2 Å². The Kier molecular flexibility index (Phi) is 4.72. The minimum atomic E-state index is 0.0776. The molecule has 1 aromatic heterocycles. The molecule has 0 fully saturated rings. The van der Waals surface area contributed by atoms with Crippen LogP contribution in [0.4, 0.5) is 0 Å². The molecule has 0 atom stereocenters. The van der Waals surface area contributed by atoms with Crippen LogP contribution >= 0.6 is 11.3 Å². The Morgan fingerprint density at radius 1 is 0.875 bits per heavy atom. The van der Waals surface area contributed by atoms with Gasteiger partial charge in [-0.2, -0.15) is 0 Å². The fourth-order valence-corrected chi connectivity index (χ4v) is 3.63. The second-order valence-corrected chi connectivity index (χ2v) is 7.14. The summed E-state index contributed by atoms with van der Waals surface area (Å²) in [5.74, 6) is 0.357. The average molecular weight is 336 g/mol. The maximum atomic E-state index is 10.1. The van der Waals surface area contributed by atoms with E-state index in [0.717, 1.165) is 10.4 Å². The normalized spacial score (nSPS) is 11.5. The van der Waals surface area contributed by atoms with Crippen molar-refractivity contribution < 1.29 is 10.2 Å². The van der Waals surface area contributed by atoms with Crippen LogP contribution in [-0.4, -0.2) is 10.2 Å². The van der Waals surface area contributed by atoms with E-state index in [1.54, 1.807) is 23.5 Å². The van der Waals surface area contributed by atoms with E-state index in [9.17, 15) is 10.2 Å². The maximum Gasteiger partial charge on any atom is 0.123 e. The summed E-state index contributed by atoms with van der Waals surface area (Å²) in [5.41, 5.74) is 2.58. The monoisotopic (exact) mass is 336 g/mol. The zero-order valence-electron chi connectivity index (χ0n) is 13.7. The van der Waals surface area contributed by atoms with Crippen LogP contribution in [0, 0.1) is 0 Å². The third-order valence-electron chi connectivity index (χ3n) is 3.86. The highest BCUT2D eigenvalue weighted by Crippen LogP contribution is 2.35. The first-order valence-corrected chi connectivity index (χ1v) is 8.75. The van der Waals surface area contributed by atoms with E-state index in [0.29, 0.717) is 5.56 Å². The van der Waals surface area contributed by atoms with Crippen LogP contribution in [0.5, 0.6) is 11.5 Å². The molecule has 3 aromatic rings. The molecule has 0 aliphatic heterocycles. The Hall–Kier alpha value is -2.52. The summed E-state index contributed by atoms with van der Waals surface area (Å²) in [5, 5.41) is 20.2. The first kappa shape index (κ1) is 16.3. The highest BCUT2D eigenvalue weighted by Gasteiger charge is 2.12. The smallest absolute Gasteiger partial charge is 0.123 e. The number of hydrogen-bond donors (Lipinski definition) is 2. The van der Waals surface area contributed by atoms with E-state index in [4.69, 9.17) is 0 Å². The molecule has 122 valence electrons. The quantitative estimate of drug-likeness (QED) is 0.602. The van der Waals surface area contributed by atoms with Gasteiger partial charge in [0.05, 0.1) is 0 Å². The van der Waals surface area contributed by atoms with Gasteiger partial charge in [-0.15, -0.1) is 11.3 Å². The standard InChI is InChI=1S/C21H20O2S/c1-14(2)21-18(22)12-15(13-19(21)23)8-9-17-10-11-20(24-17)16-6-4-3-5-7-16/h3-14,22-23H,1-2H3. The van der Waals surface area contributed by atoms with Gasteiger partial charge in [0.25, 0.3) is 0 Å². The van der Waals surface area contributed by atoms with Crippen molar-refractivity contribution in [3.8, 4) is 21.9 Å². The summed E-state index contributed by atoms with van der Waals surface area (Å²) < 4.78 is 0. The van der Waals surface area contributed by atoms with E-state index in [-0.39, 0.29) is 17.4 Å². The Morgan fingerprint density at radius 3 is 2.17 bits per heavy atom. The molecule has 0 spiro atoms. The summed E-state index contributed by atoms with van der Waals surface area (Å²) in [6.07, 6.45) is 3.91. The predicted octanol–water partition coefficient (Wildman–Crippen LogP) is 6.12. The van der Waals surface area contributed by atoms with Crippen molar-refractivity contribution >= 4 is 23.5 Å². The summed E-state index contributed by atoms with van der Waals surface area (Å²) >= 11 is 1.71. The molecular weight excluding hydrogens is 316 g/mol. The molecule has 3 heteroatoms. The lowest BCUT2D eigenvalue weighted by atomic mass is 9.99. The van der Waals surface area contributed by atoms with Gasteiger partial charge in [0.15, 0.2) is 0 Å². The van der Waals surface area contributed by atoms with Crippen LogP contribution in [0.25, 0.3) is 22.6 Å². The second-order valence-electron chi connectivity index (χ2n) is 6.03. The lowest BCUT2D eigenvalue weighted by Gasteiger charge is -2.11. The Balaban J connectivity index is 1.83. The average Bonchev–Trinajstić information content (AvgIpc) is 3.02. The SMILES string of the molecule is CC(C)c1c(O)cc(C=Cc2ccc(-c3ccccc3)s2)cc1O. The number of hydrogen-bond acceptors (Lipinski definition) is 3. The van der Waals surface area contributed by atoms with Crippen LogP contribution in [0.1, 0.15) is 35.8 Å².